The first-order valence-electron chi connectivity index (χ1n) is 13.2. The quantitative estimate of drug-likeness (QED) is 0.614. The van der Waals surface area contributed by atoms with Gasteiger partial charge < -0.3 is 20.3 Å². The summed E-state index contributed by atoms with van der Waals surface area (Å²) in [6.45, 7) is 3.37. The smallest absolute Gasteiger partial charge is 0.380 e. The number of fused-ring (bicyclic) bond motifs is 1. The summed E-state index contributed by atoms with van der Waals surface area (Å²) < 4.78 is 47.3. The van der Waals surface area contributed by atoms with Crippen molar-refractivity contribution in [3.63, 3.8) is 0 Å². The van der Waals surface area contributed by atoms with Gasteiger partial charge in [0.1, 0.15) is 12.6 Å². The van der Waals surface area contributed by atoms with Crippen molar-refractivity contribution in [1.29, 1.82) is 0 Å². The van der Waals surface area contributed by atoms with E-state index in [2.05, 4.69) is 15.7 Å². The minimum atomic E-state index is -4.55. The van der Waals surface area contributed by atoms with Crippen molar-refractivity contribution >= 4 is 17.7 Å². The Morgan fingerprint density at radius 2 is 1.81 bits per heavy atom. The molecular formula is C25H36F3N5O4. The summed E-state index contributed by atoms with van der Waals surface area (Å²) in [5, 5.41) is 9.40. The average Bonchev–Trinajstić information content (AvgIpc) is 3.24. The predicted molar refractivity (Wildman–Crippen MR) is 127 cm³/mol. The molecule has 0 radical (unpaired) electrons. The zero-order chi connectivity index (χ0) is 26.6. The minimum Gasteiger partial charge on any atom is -0.380 e. The van der Waals surface area contributed by atoms with Crippen molar-refractivity contribution in [3.05, 3.63) is 17.0 Å². The van der Waals surface area contributed by atoms with Crippen LogP contribution in [0.1, 0.15) is 68.8 Å². The number of nitrogens with zero attached hydrogens (tertiary/aromatic N) is 3. The molecule has 1 aliphatic carbocycles. The van der Waals surface area contributed by atoms with E-state index in [0.717, 1.165) is 19.3 Å². The molecule has 3 amide bonds. The van der Waals surface area contributed by atoms with Crippen molar-refractivity contribution in [2.24, 2.45) is 5.41 Å². The average molecular weight is 528 g/mol. The number of halogens is 3. The molecule has 2 fully saturated rings. The zero-order valence-electron chi connectivity index (χ0n) is 21.3. The van der Waals surface area contributed by atoms with Crippen LogP contribution >= 0.6 is 0 Å². The summed E-state index contributed by atoms with van der Waals surface area (Å²) in [6, 6.07) is -0.696. The van der Waals surface area contributed by atoms with Gasteiger partial charge in [0.05, 0.1) is 12.0 Å². The van der Waals surface area contributed by atoms with Crippen LogP contribution in [-0.2, 0) is 44.7 Å². The highest BCUT2D eigenvalue weighted by Crippen LogP contribution is 2.38. The maximum Gasteiger partial charge on any atom is 0.435 e. The van der Waals surface area contributed by atoms with Crippen LogP contribution in [0.4, 0.5) is 13.2 Å². The Morgan fingerprint density at radius 3 is 2.54 bits per heavy atom. The van der Waals surface area contributed by atoms with Crippen LogP contribution in [0.2, 0.25) is 0 Å². The molecule has 12 heteroatoms. The fourth-order valence-electron chi connectivity index (χ4n) is 5.62. The third kappa shape index (κ3) is 6.27. The van der Waals surface area contributed by atoms with E-state index in [9.17, 15) is 27.6 Å². The summed E-state index contributed by atoms with van der Waals surface area (Å²) in [5.74, 6) is -0.774. The SMILES string of the molecule is C[C@@H]1NC(=O)C2(CCCCOCCNC1=O)CCN(C(=O)Cn1nc(C(F)(F)F)c3c1CCCC3)CC2. The van der Waals surface area contributed by atoms with Crippen molar-refractivity contribution in [3.8, 4) is 0 Å². The third-order valence-electron chi connectivity index (χ3n) is 7.85. The Hall–Kier alpha value is -2.63. The van der Waals surface area contributed by atoms with Crippen molar-refractivity contribution < 1.29 is 32.3 Å². The lowest BCUT2D eigenvalue weighted by Gasteiger charge is -2.41. The van der Waals surface area contributed by atoms with Gasteiger partial charge in [0.2, 0.25) is 17.7 Å². The van der Waals surface area contributed by atoms with Gasteiger partial charge >= 0.3 is 6.18 Å². The molecule has 3 aliphatic rings. The van der Waals surface area contributed by atoms with Gasteiger partial charge in [0.25, 0.3) is 0 Å². The van der Waals surface area contributed by atoms with Crippen molar-refractivity contribution in [1.82, 2.24) is 25.3 Å². The Kier molecular flexibility index (Phi) is 8.45. The second kappa shape index (κ2) is 11.4. The van der Waals surface area contributed by atoms with Gasteiger partial charge in [-0.2, -0.15) is 18.3 Å². The molecule has 37 heavy (non-hydrogen) atoms. The summed E-state index contributed by atoms with van der Waals surface area (Å²) in [5.41, 5.74) is -0.875. The first-order valence-corrected chi connectivity index (χ1v) is 13.2. The van der Waals surface area contributed by atoms with Gasteiger partial charge in [-0.3, -0.25) is 19.1 Å². The molecule has 1 spiro atoms. The van der Waals surface area contributed by atoms with Gasteiger partial charge in [-0.1, -0.05) is 6.42 Å². The highest BCUT2D eigenvalue weighted by Gasteiger charge is 2.43. The first-order chi connectivity index (χ1) is 17.6. The number of piperidine rings is 1. The maximum absolute atomic E-state index is 13.5. The van der Waals surface area contributed by atoms with E-state index in [1.54, 1.807) is 11.8 Å². The number of aromatic nitrogens is 2. The molecule has 0 unspecified atom stereocenters. The second-order valence-electron chi connectivity index (χ2n) is 10.4. The Bertz CT molecular complexity index is 1000. The van der Waals surface area contributed by atoms with Crippen LogP contribution in [-0.4, -0.2) is 71.3 Å². The largest absolute Gasteiger partial charge is 0.435 e. The molecule has 0 bridgehead atoms. The molecule has 2 N–H and O–H groups in total. The Morgan fingerprint density at radius 1 is 1.08 bits per heavy atom. The van der Waals surface area contributed by atoms with E-state index >= 15 is 0 Å². The van der Waals surface area contributed by atoms with E-state index in [1.165, 1.54) is 4.68 Å². The molecule has 9 nitrogen and oxygen atoms in total. The Labute approximate surface area is 214 Å². The maximum atomic E-state index is 13.5. The van der Waals surface area contributed by atoms with Crippen LogP contribution in [0.25, 0.3) is 0 Å². The summed E-state index contributed by atoms with van der Waals surface area (Å²) in [6.07, 6.45) is 0.711. The standard InChI is InChI=1S/C25H36F3N5O4/c1-17-22(35)29-11-15-37-14-5-4-8-24(23(36)30-17)9-12-32(13-10-24)20(34)16-33-19-7-3-2-6-18(19)21(31-33)25(26,27)28/h17H,2-16H2,1H3,(H,29,35)(H,30,36)/t17-/m0/s1. The lowest BCUT2D eigenvalue weighted by molar-refractivity contribution is -0.144. The molecule has 2 saturated heterocycles. The highest BCUT2D eigenvalue weighted by molar-refractivity contribution is 5.90. The van der Waals surface area contributed by atoms with Crippen LogP contribution in [0.3, 0.4) is 0 Å². The van der Waals surface area contributed by atoms with Gasteiger partial charge in [0.15, 0.2) is 5.69 Å². The van der Waals surface area contributed by atoms with Crippen molar-refractivity contribution in [2.45, 2.75) is 83.5 Å². The first kappa shape index (κ1) is 27.4. The topological polar surface area (TPSA) is 106 Å². The molecule has 1 aromatic rings. The zero-order valence-corrected chi connectivity index (χ0v) is 21.3. The van der Waals surface area contributed by atoms with E-state index in [-0.39, 0.29) is 29.8 Å². The fraction of sp³-hybridized carbons (Fsp3) is 0.760. The number of ether oxygens (including phenoxy) is 1. The minimum absolute atomic E-state index is 0.196. The molecular weight excluding hydrogens is 491 g/mol. The second-order valence-corrected chi connectivity index (χ2v) is 10.4. The number of likely N-dealkylation sites (tertiary alicyclic amines) is 1. The van der Waals surface area contributed by atoms with Gasteiger partial charge in [0, 0.05) is 37.5 Å². The number of nitrogens with one attached hydrogen (secondary N) is 2. The molecule has 0 aromatic carbocycles. The number of hydrogen-bond acceptors (Lipinski definition) is 5. The molecule has 206 valence electrons. The highest BCUT2D eigenvalue weighted by atomic mass is 19.4. The molecule has 4 rings (SSSR count). The summed E-state index contributed by atoms with van der Waals surface area (Å²) in [7, 11) is 0. The number of carbonyl (C=O) groups is 3. The summed E-state index contributed by atoms with van der Waals surface area (Å²) >= 11 is 0. The van der Waals surface area contributed by atoms with E-state index in [4.69, 9.17) is 4.74 Å². The normalized spacial score (nSPS) is 23.8. The molecule has 0 saturated carbocycles. The molecule has 2 aliphatic heterocycles. The number of carbonyl (C=O) groups excluding carboxylic acids is 3. The lowest BCUT2D eigenvalue weighted by atomic mass is 9.73. The fourth-order valence-corrected chi connectivity index (χ4v) is 5.62. The number of alkyl halides is 3. The van der Waals surface area contributed by atoms with Crippen LogP contribution in [0.15, 0.2) is 0 Å². The van der Waals surface area contributed by atoms with Crippen LogP contribution < -0.4 is 10.6 Å². The van der Waals surface area contributed by atoms with Gasteiger partial charge in [-0.15, -0.1) is 0 Å². The van der Waals surface area contributed by atoms with Gasteiger partial charge in [-0.25, -0.2) is 0 Å². The third-order valence-corrected chi connectivity index (χ3v) is 7.85. The predicted octanol–water partition coefficient (Wildman–Crippen LogP) is 2.21. The number of amides is 3. The molecule has 3 heterocycles. The van der Waals surface area contributed by atoms with E-state index in [1.807, 2.05) is 0 Å². The molecule has 1 aromatic heterocycles. The number of hydrogen-bond donors (Lipinski definition) is 2. The van der Waals surface area contributed by atoms with Crippen molar-refractivity contribution in [2.75, 3.05) is 32.8 Å². The van der Waals surface area contributed by atoms with E-state index < -0.39 is 23.3 Å². The lowest BCUT2D eigenvalue weighted by Crippen LogP contribution is -2.54. The van der Waals surface area contributed by atoms with Gasteiger partial charge in [-0.05, 0) is 58.3 Å². The monoisotopic (exact) mass is 527 g/mol. The molecule has 1 atom stereocenters. The van der Waals surface area contributed by atoms with Crippen LogP contribution in [0, 0.1) is 5.41 Å². The van der Waals surface area contributed by atoms with E-state index in [0.29, 0.717) is 77.1 Å². The Balaban J connectivity index is 1.43. The summed E-state index contributed by atoms with van der Waals surface area (Å²) in [4.78, 5) is 40.4. The number of rotatable bonds is 2. The van der Waals surface area contributed by atoms with Crippen LogP contribution in [0.5, 0.6) is 0 Å².